The third-order valence-electron chi connectivity index (χ3n) is 2.40. The molecule has 0 aliphatic carbocycles. The molecule has 0 aromatic rings. The SMILES string of the molecule is CC1(C)COP(SSP2OCC(C)(C)CS2)SC1. The van der Waals surface area contributed by atoms with Gasteiger partial charge in [0.1, 0.15) is 0 Å². The predicted molar refractivity (Wildman–Crippen MR) is 93.4 cm³/mol. The molecule has 0 aromatic carbocycles. The van der Waals surface area contributed by atoms with Gasteiger partial charge in [-0.25, -0.2) is 0 Å². The van der Waals surface area contributed by atoms with Crippen LogP contribution in [0.5, 0.6) is 0 Å². The topological polar surface area (TPSA) is 18.5 Å². The van der Waals surface area contributed by atoms with E-state index in [1.165, 1.54) is 11.5 Å². The zero-order chi connectivity index (χ0) is 13.2. The van der Waals surface area contributed by atoms with Crippen LogP contribution < -0.4 is 0 Å². The fourth-order valence-corrected chi connectivity index (χ4v) is 21.4. The highest BCUT2D eigenvalue weighted by Crippen LogP contribution is 2.79. The Labute approximate surface area is 128 Å². The van der Waals surface area contributed by atoms with Crippen LogP contribution in [0.4, 0.5) is 0 Å². The Bertz CT molecular complexity index is 243. The fraction of sp³-hybridized carbons (Fsp3) is 1.00. The second-order valence-corrected chi connectivity index (χ2v) is 19.3. The van der Waals surface area contributed by atoms with Crippen LogP contribution in [0.3, 0.4) is 0 Å². The van der Waals surface area contributed by atoms with Crippen molar-refractivity contribution in [2.45, 2.75) is 27.7 Å². The van der Waals surface area contributed by atoms with Crippen molar-refractivity contribution in [1.82, 2.24) is 0 Å². The average Bonchev–Trinajstić information content (AvgIpc) is 2.29. The van der Waals surface area contributed by atoms with Crippen LogP contribution in [0.2, 0.25) is 0 Å². The molecule has 2 aliphatic rings. The number of hydrogen-bond donors (Lipinski definition) is 0. The van der Waals surface area contributed by atoms with Gasteiger partial charge in [0.05, 0.1) is 13.2 Å². The normalized spacial score (nSPS) is 35.3. The van der Waals surface area contributed by atoms with E-state index in [0.29, 0.717) is 10.8 Å². The first-order valence-electron chi connectivity index (χ1n) is 5.83. The fourth-order valence-electron chi connectivity index (χ4n) is 1.21. The minimum absolute atomic E-state index is 0.347. The molecular formula is C10H20O2P2S4. The second kappa shape index (κ2) is 6.96. The molecule has 2 fully saturated rings. The predicted octanol–water partition coefficient (Wildman–Crippen LogP) is 6.40. The van der Waals surface area contributed by atoms with Crippen LogP contribution in [0.15, 0.2) is 0 Å². The lowest BCUT2D eigenvalue weighted by molar-refractivity contribution is 0.222. The lowest BCUT2D eigenvalue weighted by atomic mass is 9.98. The van der Waals surface area contributed by atoms with Gasteiger partial charge in [-0.3, -0.25) is 0 Å². The maximum atomic E-state index is 5.94. The molecule has 18 heavy (non-hydrogen) atoms. The van der Waals surface area contributed by atoms with Gasteiger partial charge in [-0.1, -0.05) is 50.5 Å². The monoisotopic (exact) mass is 362 g/mol. The van der Waals surface area contributed by atoms with E-state index in [1.807, 2.05) is 43.6 Å². The number of rotatable bonds is 3. The molecule has 2 rings (SSSR count). The smallest absolute Gasteiger partial charge is 0.163 e. The summed E-state index contributed by atoms with van der Waals surface area (Å²) in [5.41, 5.74) is 0.695. The van der Waals surface area contributed by atoms with Gasteiger partial charge in [-0.15, -0.1) is 0 Å². The molecule has 0 radical (unpaired) electrons. The molecule has 0 N–H and O–H groups in total. The van der Waals surface area contributed by atoms with Crippen molar-refractivity contribution in [2.75, 3.05) is 24.7 Å². The van der Waals surface area contributed by atoms with Crippen molar-refractivity contribution in [3.63, 3.8) is 0 Å². The maximum absolute atomic E-state index is 5.94. The molecule has 0 saturated carbocycles. The summed E-state index contributed by atoms with van der Waals surface area (Å²) in [5, 5.41) is 0. The average molecular weight is 362 g/mol. The Morgan fingerprint density at radius 1 is 0.833 bits per heavy atom. The zero-order valence-corrected chi connectivity index (χ0v) is 16.2. The highest BCUT2D eigenvalue weighted by molar-refractivity contribution is 9.25. The van der Waals surface area contributed by atoms with Crippen LogP contribution in [-0.4, -0.2) is 24.7 Å². The summed E-state index contributed by atoms with van der Waals surface area (Å²) in [7, 11) is 3.82. The molecule has 2 heterocycles. The van der Waals surface area contributed by atoms with E-state index in [9.17, 15) is 0 Å². The summed E-state index contributed by atoms with van der Waals surface area (Å²) in [6.45, 7) is 10.2. The highest BCUT2D eigenvalue weighted by Gasteiger charge is 2.33. The molecule has 2 atom stereocenters. The van der Waals surface area contributed by atoms with Gasteiger partial charge in [-0.05, 0) is 31.7 Å². The Hall–Kier alpha value is 2.18. The van der Waals surface area contributed by atoms with Crippen molar-refractivity contribution in [3.05, 3.63) is 0 Å². The van der Waals surface area contributed by atoms with Crippen molar-refractivity contribution >= 4 is 56.7 Å². The molecule has 2 unspecified atom stereocenters. The van der Waals surface area contributed by atoms with Crippen LogP contribution in [0, 0.1) is 10.8 Å². The summed E-state index contributed by atoms with van der Waals surface area (Å²) < 4.78 is 11.9. The summed E-state index contributed by atoms with van der Waals surface area (Å²) in [6, 6.07) is 0. The minimum atomic E-state index is -0.360. The van der Waals surface area contributed by atoms with Crippen molar-refractivity contribution in [3.8, 4) is 0 Å². The van der Waals surface area contributed by atoms with E-state index in [4.69, 9.17) is 9.05 Å². The molecule has 0 aromatic heterocycles. The Morgan fingerprint density at radius 3 is 1.50 bits per heavy atom. The van der Waals surface area contributed by atoms with Crippen LogP contribution >= 0.6 is 56.7 Å². The second-order valence-electron chi connectivity index (χ2n) is 6.02. The third kappa shape index (κ3) is 5.52. The molecule has 106 valence electrons. The first-order valence-corrected chi connectivity index (χ1v) is 14.9. The number of hydrogen-bond acceptors (Lipinski definition) is 6. The van der Waals surface area contributed by atoms with Gasteiger partial charge in [0.15, 0.2) is 13.1 Å². The quantitative estimate of drug-likeness (QED) is 0.424. The summed E-state index contributed by atoms with van der Waals surface area (Å²) in [6.07, 6.45) is 0. The maximum Gasteiger partial charge on any atom is 0.163 e. The van der Waals surface area contributed by atoms with E-state index in [2.05, 4.69) is 27.7 Å². The summed E-state index contributed by atoms with van der Waals surface area (Å²) in [4.78, 5) is 0. The van der Waals surface area contributed by atoms with Gasteiger partial charge in [-0.2, -0.15) is 0 Å². The third-order valence-corrected chi connectivity index (χ3v) is 19.6. The van der Waals surface area contributed by atoms with Gasteiger partial charge in [0.25, 0.3) is 0 Å². The van der Waals surface area contributed by atoms with Gasteiger partial charge in [0.2, 0.25) is 0 Å². The summed E-state index contributed by atoms with van der Waals surface area (Å²) in [5.74, 6) is 2.43. The van der Waals surface area contributed by atoms with Crippen molar-refractivity contribution in [2.24, 2.45) is 10.8 Å². The first-order chi connectivity index (χ1) is 8.36. The van der Waals surface area contributed by atoms with E-state index >= 15 is 0 Å². The Kier molecular flexibility index (Phi) is 6.40. The van der Waals surface area contributed by atoms with Crippen LogP contribution in [0.1, 0.15) is 27.7 Å². The van der Waals surface area contributed by atoms with Crippen molar-refractivity contribution in [1.29, 1.82) is 0 Å². The van der Waals surface area contributed by atoms with Crippen molar-refractivity contribution < 1.29 is 9.05 Å². The van der Waals surface area contributed by atoms with Crippen LogP contribution in [-0.2, 0) is 9.05 Å². The molecular weight excluding hydrogens is 342 g/mol. The zero-order valence-electron chi connectivity index (χ0n) is 11.2. The minimum Gasteiger partial charge on any atom is -0.338 e. The molecule has 2 saturated heterocycles. The van der Waals surface area contributed by atoms with E-state index < -0.39 is 0 Å². The first kappa shape index (κ1) is 16.5. The van der Waals surface area contributed by atoms with Gasteiger partial charge >= 0.3 is 0 Å². The summed E-state index contributed by atoms with van der Waals surface area (Å²) >= 11 is 3.98. The lowest BCUT2D eigenvalue weighted by Gasteiger charge is -2.34. The largest absolute Gasteiger partial charge is 0.338 e. The van der Waals surface area contributed by atoms with E-state index in [-0.39, 0.29) is 13.1 Å². The van der Waals surface area contributed by atoms with E-state index in [0.717, 1.165) is 13.2 Å². The molecule has 0 amide bonds. The Balaban J connectivity index is 1.64. The lowest BCUT2D eigenvalue weighted by Crippen LogP contribution is -2.23. The molecule has 2 aliphatic heterocycles. The Morgan fingerprint density at radius 2 is 1.22 bits per heavy atom. The van der Waals surface area contributed by atoms with E-state index in [1.54, 1.807) is 0 Å². The molecule has 0 spiro atoms. The molecule has 8 heteroatoms. The molecule has 2 nitrogen and oxygen atoms in total. The van der Waals surface area contributed by atoms with Gasteiger partial charge in [0, 0.05) is 11.5 Å². The molecule has 0 bridgehead atoms. The standard InChI is InChI=1S/C10H20O2P2S4/c1-9(2)5-11-13(15-7-9)17-18-14-12-6-10(3,4)8-16-14/h5-8H2,1-4H3. The van der Waals surface area contributed by atoms with Gasteiger partial charge < -0.3 is 9.05 Å². The highest BCUT2D eigenvalue weighted by atomic mass is 33.6. The van der Waals surface area contributed by atoms with Crippen LogP contribution in [0.25, 0.3) is 0 Å².